The van der Waals surface area contributed by atoms with Crippen LogP contribution in [0, 0.1) is 23.7 Å². The van der Waals surface area contributed by atoms with Gasteiger partial charge in [-0.1, -0.05) is 68.5 Å². The average molecular weight is 737 g/mol. The van der Waals surface area contributed by atoms with Crippen LogP contribution in [0.2, 0.25) is 0 Å². The fourth-order valence-electron chi connectivity index (χ4n) is 7.94. The van der Waals surface area contributed by atoms with Crippen molar-refractivity contribution in [1.82, 2.24) is 0 Å². The zero-order valence-corrected chi connectivity index (χ0v) is 32.4. The zero-order valence-electron chi connectivity index (χ0n) is 32.4. The molecule has 8 nitrogen and oxygen atoms in total. The van der Waals surface area contributed by atoms with Gasteiger partial charge in [0.25, 0.3) is 0 Å². The lowest BCUT2D eigenvalue weighted by Crippen LogP contribution is -2.26. The number of carbonyl (C=O) groups is 3. The van der Waals surface area contributed by atoms with E-state index in [1.165, 1.54) is 32.8 Å². The summed E-state index contributed by atoms with van der Waals surface area (Å²) in [6, 6.07) is 22.0. The van der Waals surface area contributed by atoms with Crippen LogP contribution >= 0.6 is 0 Å². The average Bonchev–Trinajstić information content (AvgIpc) is 3.19. The van der Waals surface area contributed by atoms with Crippen LogP contribution in [-0.2, 0) is 28.6 Å². The van der Waals surface area contributed by atoms with Crippen molar-refractivity contribution in [2.75, 3.05) is 34.0 Å². The fourth-order valence-corrected chi connectivity index (χ4v) is 7.94. The summed E-state index contributed by atoms with van der Waals surface area (Å²) in [4.78, 5) is 37.0. The van der Waals surface area contributed by atoms with Gasteiger partial charge in [0.05, 0.1) is 31.3 Å². The Morgan fingerprint density at radius 2 is 1.26 bits per heavy atom. The van der Waals surface area contributed by atoms with E-state index in [9.17, 15) is 14.4 Å². The highest BCUT2D eigenvalue weighted by molar-refractivity contribution is 5.90. The Bertz CT molecular complexity index is 1740. The van der Waals surface area contributed by atoms with Gasteiger partial charge in [-0.05, 0) is 135 Å². The lowest BCUT2D eigenvalue weighted by molar-refractivity contribution is -0.140. The molecule has 1 unspecified atom stereocenters. The van der Waals surface area contributed by atoms with Crippen LogP contribution in [0.5, 0.6) is 11.5 Å². The van der Waals surface area contributed by atoms with Crippen LogP contribution in [0.4, 0.5) is 0 Å². The number of carbonyl (C=O) groups excluding carboxylic acids is 3. The molecular formula is C46H56O8. The Balaban J connectivity index is 1.24. The molecule has 8 heteroatoms. The van der Waals surface area contributed by atoms with Crippen molar-refractivity contribution < 1.29 is 38.1 Å². The van der Waals surface area contributed by atoms with Crippen molar-refractivity contribution in [3.63, 3.8) is 0 Å². The molecule has 0 N–H and O–H groups in total. The topological polar surface area (TPSA) is 97.4 Å². The highest BCUT2D eigenvalue weighted by Crippen LogP contribution is 2.46. The molecule has 3 aromatic carbocycles. The Kier molecular flexibility index (Phi) is 14.8. The van der Waals surface area contributed by atoms with E-state index in [2.05, 4.69) is 43.5 Å². The lowest BCUT2D eigenvalue weighted by Gasteiger charge is -2.38. The molecule has 0 aromatic heterocycles. The van der Waals surface area contributed by atoms with E-state index in [1.54, 1.807) is 33.1 Å². The molecule has 0 saturated heterocycles. The third-order valence-corrected chi connectivity index (χ3v) is 11.1. The number of methoxy groups -OCH3 is 2. The van der Waals surface area contributed by atoms with Crippen LogP contribution in [-0.4, -0.2) is 51.9 Å². The van der Waals surface area contributed by atoms with Crippen LogP contribution in [0.25, 0.3) is 22.3 Å². The second-order valence-electron chi connectivity index (χ2n) is 15.2. The van der Waals surface area contributed by atoms with Gasteiger partial charge in [-0.2, -0.15) is 0 Å². The molecule has 0 amide bonds. The normalized spacial score (nSPS) is 20.4. The highest BCUT2D eigenvalue weighted by Gasteiger charge is 2.32. The SMILES string of the molecule is C=C(C)C(=O)OCCC1CCC(C2CCC(c3cc(-c4ccc(-c5ccc(OC(=O)C(C)COC)cc5)cc4)ccc3OC(=O)C(=C)COC)CC2)CC1. The summed E-state index contributed by atoms with van der Waals surface area (Å²) in [6.45, 7) is 11.9. The minimum Gasteiger partial charge on any atom is -0.462 e. The van der Waals surface area contributed by atoms with Crippen molar-refractivity contribution in [2.45, 2.75) is 77.6 Å². The molecular weight excluding hydrogens is 680 g/mol. The van der Waals surface area contributed by atoms with E-state index >= 15 is 0 Å². The summed E-state index contributed by atoms with van der Waals surface area (Å²) in [5.74, 6) is 1.99. The zero-order chi connectivity index (χ0) is 38.6. The Morgan fingerprint density at radius 1 is 0.704 bits per heavy atom. The molecule has 2 saturated carbocycles. The lowest BCUT2D eigenvalue weighted by atomic mass is 9.68. The third-order valence-electron chi connectivity index (χ3n) is 11.1. The predicted molar refractivity (Wildman–Crippen MR) is 211 cm³/mol. The number of rotatable bonds is 16. The molecule has 0 spiro atoms. The summed E-state index contributed by atoms with van der Waals surface area (Å²) in [7, 11) is 3.10. The number of hydrogen-bond acceptors (Lipinski definition) is 8. The van der Waals surface area contributed by atoms with Gasteiger partial charge in [-0.3, -0.25) is 4.79 Å². The Labute approximate surface area is 320 Å². The maximum Gasteiger partial charge on any atom is 0.341 e. The molecule has 1 atom stereocenters. The van der Waals surface area contributed by atoms with Gasteiger partial charge in [0.1, 0.15) is 11.5 Å². The van der Waals surface area contributed by atoms with Gasteiger partial charge in [0.15, 0.2) is 0 Å². The van der Waals surface area contributed by atoms with Gasteiger partial charge < -0.3 is 23.7 Å². The van der Waals surface area contributed by atoms with Gasteiger partial charge in [0.2, 0.25) is 0 Å². The van der Waals surface area contributed by atoms with Gasteiger partial charge in [0, 0.05) is 19.8 Å². The van der Waals surface area contributed by atoms with Crippen molar-refractivity contribution in [3.8, 4) is 33.8 Å². The second kappa shape index (κ2) is 19.7. The fraction of sp³-hybridized carbons (Fsp3) is 0.457. The molecule has 0 radical (unpaired) electrons. The van der Waals surface area contributed by atoms with E-state index in [0.29, 0.717) is 42.1 Å². The van der Waals surface area contributed by atoms with Crippen molar-refractivity contribution >= 4 is 17.9 Å². The monoisotopic (exact) mass is 736 g/mol. The van der Waals surface area contributed by atoms with E-state index in [4.69, 9.17) is 23.7 Å². The predicted octanol–water partition coefficient (Wildman–Crippen LogP) is 9.91. The van der Waals surface area contributed by atoms with Crippen LogP contribution in [0.3, 0.4) is 0 Å². The summed E-state index contributed by atoms with van der Waals surface area (Å²) in [5, 5.41) is 0. The van der Waals surface area contributed by atoms with E-state index < -0.39 is 5.97 Å². The molecule has 0 heterocycles. The molecule has 288 valence electrons. The van der Waals surface area contributed by atoms with Crippen LogP contribution in [0.15, 0.2) is 91.0 Å². The second-order valence-corrected chi connectivity index (χ2v) is 15.2. The number of ether oxygens (including phenoxy) is 5. The quantitative estimate of drug-likeness (QED) is 0.0815. The Hall–Kier alpha value is -4.53. The number of hydrogen-bond donors (Lipinski definition) is 0. The maximum absolute atomic E-state index is 12.9. The molecule has 0 aliphatic heterocycles. The summed E-state index contributed by atoms with van der Waals surface area (Å²) >= 11 is 0. The first-order valence-corrected chi connectivity index (χ1v) is 19.3. The Morgan fingerprint density at radius 3 is 1.83 bits per heavy atom. The van der Waals surface area contributed by atoms with E-state index in [-0.39, 0.29) is 36.0 Å². The summed E-state index contributed by atoms with van der Waals surface area (Å²) < 4.78 is 27.0. The molecule has 2 fully saturated rings. The van der Waals surface area contributed by atoms with Gasteiger partial charge >= 0.3 is 17.9 Å². The van der Waals surface area contributed by atoms with Crippen molar-refractivity contribution in [3.05, 3.63) is 96.6 Å². The van der Waals surface area contributed by atoms with Crippen molar-refractivity contribution in [2.24, 2.45) is 23.7 Å². The van der Waals surface area contributed by atoms with Crippen LogP contribution in [0.1, 0.15) is 83.1 Å². The van der Waals surface area contributed by atoms with Gasteiger partial charge in [-0.25, -0.2) is 9.59 Å². The number of benzene rings is 3. The smallest absolute Gasteiger partial charge is 0.341 e. The molecule has 0 bridgehead atoms. The first-order chi connectivity index (χ1) is 26.1. The van der Waals surface area contributed by atoms with Gasteiger partial charge in [-0.15, -0.1) is 0 Å². The van der Waals surface area contributed by atoms with Crippen LogP contribution < -0.4 is 9.47 Å². The maximum atomic E-state index is 12.9. The summed E-state index contributed by atoms with van der Waals surface area (Å²) in [6.07, 6.45) is 10.2. The summed E-state index contributed by atoms with van der Waals surface area (Å²) in [5.41, 5.74) is 5.99. The van der Waals surface area contributed by atoms with E-state index in [0.717, 1.165) is 65.8 Å². The first kappa shape index (κ1) is 40.7. The van der Waals surface area contributed by atoms with Crippen molar-refractivity contribution in [1.29, 1.82) is 0 Å². The molecule has 54 heavy (non-hydrogen) atoms. The molecule has 3 aromatic rings. The highest BCUT2D eigenvalue weighted by atomic mass is 16.5. The minimum absolute atomic E-state index is 0.118. The molecule has 2 aliphatic rings. The number of esters is 3. The molecule has 5 rings (SSSR count). The van der Waals surface area contributed by atoms with E-state index in [1.807, 2.05) is 24.3 Å². The minimum atomic E-state index is -0.472. The standard InChI is InChI=1S/C46H56O8/c1-30(2)44(47)52-26-25-33-7-9-34(10-8-33)36-15-17-39(18-16-36)42-27-40(21-24-43(42)54-46(49)32(4)29-51-6)38-13-11-35(12-14-38)37-19-22-41(23-20-37)53-45(48)31(3)28-50-5/h11-14,19-24,27,31,33-34,36,39H,1,4,7-10,15-18,25-26,28-29H2,2-3,5-6H3. The largest absolute Gasteiger partial charge is 0.462 e. The third kappa shape index (κ3) is 11.0. The molecule has 2 aliphatic carbocycles. The first-order valence-electron chi connectivity index (χ1n) is 19.3.